The Morgan fingerprint density at radius 1 is 1.12 bits per heavy atom. The lowest BCUT2D eigenvalue weighted by atomic mass is 10.1. The van der Waals surface area contributed by atoms with Crippen LogP contribution in [0, 0.1) is 18.3 Å². The fourth-order valence-electron chi connectivity index (χ4n) is 2.26. The van der Waals surface area contributed by atoms with Gasteiger partial charge in [0.25, 0.3) is 5.91 Å². The number of aliphatic imine (C=N–C) groups is 1. The van der Waals surface area contributed by atoms with Crippen LogP contribution in [0.2, 0.25) is 0 Å². The van der Waals surface area contributed by atoms with Gasteiger partial charge in [0.2, 0.25) is 0 Å². The van der Waals surface area contributed by atoms with Gasteiger partial charge in [0.15, 0.2) is 0 Å². The molecular formula is C20H15N3OS. The van der Waals surface area contributed by atoms with E-state index in [1.54, 1.807) is 47.9 Å². The van der Waals surface area contributed by atoms with Gasteiger partial charge < -0.3 is 5.32 Å². The smallest absolute Gasteiger partial charge is 0.257 e. The summed E-state index contributed by atoms with van der Waals surface area (Å²) in [5.41, 5.74) is 2.29. The van der Waals surface area contributed by atoms with Crippen molar-refractivity contribution < 1.29 is 4.79 Å². The summed E-state index contributed by atoms with van der Waals surface area (Å²) < 4.78 is 0. The van der Waals surface area contributed by atoms with Crippen molar-refractivity contribution >= 4 is 34.8 Å². The molecule has 0 saturated heterocycles. The zero-order valence-electron chi connectivity index (χ0n) is 13.6. The molecule has 1 amide bonds. The third kappa shape index (κ3) is 4.19. The highest BCUT2D eigenvalue weighted by atomic mass is 32.1. The Hall–Kier alpha value is -3.23. The van der Waals surface area contributed by atoms with E-state index in [1.807, 2.05) is 37.3 Å². The highest BCUT2D eigenvalue weighted by molar-refractivity contribution is 7.13. The van der Waals surface area contributed by atoms with E-state index in [4.69, 9.17) is 5.26 Å². The van der Waals surface area contributed by atoms with E-state index in [0.717, 1.165) is 4.88 Å². The second-order valence-electron chi connectivity index (χ2n) is 5.37. The summed E-state index contributed by atoms with van der Waals surface area (Å²) in [5.74, 6) is -0.236. The van der Waals surface area contributed by atoms with Crippen molar-refractivity contribution in [2.24, 2.45) is 4.99 Å². The standard InChI is InChI=1S/C20H15N3OS/c1-14-6-11-17(25-14)13-22-19-5-3-2-4-18(19)20(24)23-16-9-7-15(12-21)8-10-16/h2-11,13H,1H3,(H,23,24). The van der Waals surface area contributed by atoms with Gasteiger partial charge in [0.1, 0.15) is 0 Å². The van der Waals surface area contributed by atoms with E-state index in [0.29, 0.717) is 22.5 Å². The average Bonchev–Trinajstić information content (AvgIpc) is 3.06. The molecule has 4 nitrogen and oxygen atoms in total. The molecule has 3 rings (SSSR count). The van der Waals surface area contributed by atoms with E-state index in [2.05, 4.69) is 16.4 Å². The molecule has 1 heterocycles. The van der Waals surface area contributed by atoms with E-state index < -0.39 is 0 Å². The molecule has 122 valence electrons. The molecular weight excluding hydrogens is 330 g/mol. The highest BCUT2D eigenvalue weighted by Crippen LogP contribution is 2.21. The van der Waals surface area contributed by atoms with Crippen LogP contribution in [-0.2, 0) is 0 Å². The number of amides is 1. The van der Waals surface area contributed by atoms with Crippen LogP contribution in [0.5, 0.6) is 0 Å². The highest BCUT2D eigenvalue weighted by Gasteiger charge is 2.10. The lowest BCUT2D eigenvalue weighted by molar-refractivity contribution is 0.102. The molecule has 0 fully saturated rings. The molecule has 3 aromatic rings. The minimum absolute atomic E-state index is 0.236. The van der Waals surface area contributed by atoms with Gasteiger partial charge in [-0.1, -0.05) is 12.1 Å². The lowest BCUT2D eigenvalue weighted by Crippen LogP contribution is -2.12. The number of carbonyl (C=O) groups is 1. The van der Waals surface area contributed by atoms with E-state index in [1.165, 1.54) is 4.88 Å². The Bertz CT molecular complexity index is 965. The van der Waals surface area contributed by atoms with Crippen molar-refractivity contribution in [3.8, 4) is 6.07 Å². The van der Waals surface area contributed by atoms with Gasteiger partial charge in [0.05, 0.1) is 22.9 Å². The van der Waals surface area contributed by atoms with Crippen LogP contribution >= 0.6 is 11.3 Å². The predicted molar refractivity (Wildman–Crippen MR) is 102 cm³/mol. The molecule has 0 aliphatic rings. The zero-order chi connectivity index (χ0) is 17.6. The fourth-order valence-corrected chi connectivity index (χ4v) is 3.01. The number of hydrogen-bond donors (Lipinski definition) is 1. The summed E-state index contributed by atoms with van der Waals surface area (Å²) in [4.78, 5) is 19.3. The molecule has 0 spiro atoms. The van der Waals surface area contributed by atoms with Gasteiger partial charge in [0, 0.05) is 21.7 Å². The van der Waals surface area contributed by atoms with Gasteiger partial charge in [-0.3, -0.25) is 9.79 Å². The van der Waals surface area contributed by atoms with Gasteiger partial charge >= 0.3 is 0 Å². The van der Waals surface area contributed by atoms with E-state index in [-0.39, 0.29) is 5.91 Å². The predicted octanol–water partition coefficient (Wildman–Crippen LogP) is 4.93. The van der Waals surface area contributed by atoms with Gasteiger partial charge in [-0.05, 0) is 55.5 Å². The van der Waals surface area contributed by atoms with Crippen molar-refractivity contribution in [1.29, 1.82) is 5.26 Å². The minimum atomic E-state index is -0.236. The first kappa shape index (κ1) is 16.6. The maximum absolute atomic E-state index is 12.6. The normalized spacial score (nSPS) is 10.6. The monoisotopic (exact) mass is 345 g/mol. The van der Waals surface area contributed by atoms with Gasteiger partial charge in [-0.15, -0.1) is 11.3 Å². The summed E-state index contributed by atoms with van der Waals surface area (Å²) in [5, 5.41) is 11.7. The summed E-state index contributed by atoms with van der Waals surface area (Å²) in [6, 6.07) is 20.0. The zero-order valence-corrected chi connectivity index (χ0v) is 14.4. The summed E-state index contributed by atoms with van der Waals surface area (Å²) in [6.07, 6.45) is 1.77. The number of aryl methyl sites for hydroxylation is 1. The first-order valence-corrected chi connectivity index (χ1v) is 8.48. The second kappa shape index (κ2) is 7.56. The van der Waals surface area contributed by atoms with Crippen LogP contribution in [0.1, 0.15) is 25.7 Å². The molecule has 0 atom stereocenters. The van der Waals surface area contributed by atoms with Crippen molar-refractivity contribution in [2.75, 3.05) is 5.32 Å². The number of thiophene rings is 1. The first-order valence-electron chi connectivity index (χ1n) is 7.67. The molecule has 2 aromatic carbocycles. The fraction of sp³-hybridized carbons (Fsp3) is 0.0500. The summed E-state index contributed by atoms with van der Waals surface area (Å²) in [6.45, 7) is 2.04. The van der Waals surface area contributed by atoms with Gasteiger partial charge in [-0.25, -0.2) is 0 Å². The van der Waals surface area contributed by atoms with Gasteiger partial charge in [-0.2, -0.15) is 5.26 Å². The van der Waals surface area contributed by atoms with Crippen LogP contribution < -0.4 is 5.32 Å². The molecule has 25 heavy (non-hydrogen) atoms. The SMILES string of the molecule is Cc1ccc(C=Nc2ccccc2C(=O)Nc2ccc(C#N)cc2)s1. The Labute approximate surface area is 150 Å². The number of anilines is 1. The molecule has 0 bridgehead atoms. The average molecular weight is 345 g/mol. The molecule has 1 aromatic heterocycles. The molecule has 0 unspecified atom stereocenters. The van der Waals surface area contributed by atoms with Crippen molar-refractivity contribution in [3.05, 3.63) is 81.5 Å². The Morgan fingerprint density at radius 3 is 2.56 bits per heavy atom. The van der Waals surface area contributed by atoms with Crippen molar-refractivity contribution in [1.82, 2.24) is 0 Å². The number of para-hydroxylation sites is 1. The van der Waals surface area contributed by atoms with Crippen molar-refractivity contribution in [3.63, 3.8) is 0 Å². The van der Waals surface area contributed by atoms with Crippen LogP contribution in [-0.4, -0.2) is 12.1 Å². The molecule has 0 aliphatic carbocycles. The topological polar surface area (TPSA) is 65.2 Å². The number of nitrogens with one attached hydrogen (secondary N) is 1. The number of nitriles is 1. The minimum Gasteiger partial charge on any atom is -0.322 e. The second-order valence-corrected chi connectivity index (χ2v) is 6.69. The largest absolute Gasteiger partial charge is 0.322 e. The molecule has 0 aliphatic heterocycles. The van der Waals surface area contributed by atoms with E-state index in [9.17, 15) is 4.79 Å². The number of benzene rings is 2. The molecule has 0 radical (unpaired) electrons. The first-order chi connectivity index (χ1) is 12.2. The number of rotatable bonds is 4. The van der Waals surface area contributed by atoms with Crippen LogP contribution in [0.4, 0.5) is 11.4 Å². The lowest BCUT2D eigenvalue weighted by Gasteiger charge is -2.07. The maximum Gasteiger partial charge on any atom is 0.257 e. The Kier molecular flexibility index (Phi) is 5.03. The van der Waals surface area contributed by atoms with Crippen LogP contribution in [0.3, 0.4) is 0 Å². The number of hydrogen-bond acceptors (Lipinski definition) is 4. The molecule has 1 N–H and O–H groups in total. The van der Waals surface area contributed by atoms with Crippen LogP contribution in [0.25, 0.3) is 0 Å². The number of carbonyl (C=O) groups excluding carboxylic acids is 1. The molecule has 5 heteroatoms. The quantitative estimate of drug-likeness (QED) is 0.681. The van der Waals surface area contributed by atoms with Crippen molar-refractivity contribution in [2.45, 2.75) is 6.92 Å². The third-order valence-corrected chi connectivity index (χ3v) is 4.45. The maximum atomic E-state index is 12.6. The Morgan fingerprint density at radius 2 is 1.88 bits per heavy atom. The summed E-state index contributed by atoms with van der Waals surface area (Å²) >= 11 is 1.65. The Balaban J connectivity index is 1.80. The molecule has 0 saturated carbocycles. The van der Waals surface area contributed by atoms with Crippen LogP contribution in [0.15, 0.2) is 65.7 Å². The summed E-state index contributed by atoms with van der Waals surface area (Å²) in [7, 11) is 0. The third-order valence-electron chi connectivity index (χ3n) is 3.51. The number of nitrogens with zero attached hydrogens (tertiary/aromatic N) is 2. The van der Waals surface area contributed by atoms with E-state index >= 15 is 0 Å².